The van der Waals surface area contributed by atoms with Crippen molar-refractivity contribution in [3.8, 4) is 0 Å². The smallest absolute Gasteiger partial charge is 0.336 e. The summed E-state index contributed by atoms with van der Waals surface area (Å²) in [4.78, 5) is 25.9. The highest BCUT2D eigenvalue weighted by Gasteiger charge is 2.12. The lowest BCUT2D eigenvalue weighted by Gasteiger charge is -2.18. The molecule has 1 N–H and O–H groups in total. The first-order valence-corrected chi connectivity index (χ1v) is 9.49. The number of amides is 1. The Morgan fingerprint density at radius 1 is 1.00 bits per heavy atom. The molecule has 146 valence electrons. The molecular weight excluding hydrogens is 364 g/mol. The number of carbonyl (C=O) groups excluding carboxylic acids is 1. The third-order valence-corrected chi connectivity index (χ3v) is 5.05. The standard InChI is InChI=1S/C24H22N2O3/c1-25-24(28)18-9-7-16(8-10-18)14-26(2)15-19-13-22(27)29-21-12-11-17-5-3-4-6-20(17)23(19)21/h3-13H,14-15H2,1-2H3,(H,25,28). The van der Waals surface area contributed by atoms with Crippen molar-refractivity contribution in [3.63, 3.8) is 0 Å². The van der Waals surface area contributed by atoms with Crippen LogP contribution in [0.25, 0.3) is 21.7 Å². The highest BCUT2D eigenvalue weighted by Crippen LogP contribution is 2.28. The molecule has 0 unspecified atom stereocenters. The number of carbonyl (C=O) groups is 1. The zero-order valence-electron chi connectivity index (χ0n) is 16.4. The fourth-order valence-corrected chi connectivity index (χ4v) is 3.71. The molecule has 0 radical (unpaired) electrons. The van der Waals surface area contributed by atoms with Crippen LogP contribution < -0.4 is 10.9 Å². The second-order valence-electron chi connectivity index (χ2n) is 7.20. The summed E-state index contributed by atoms with van der Waals surface area (Å²) in [5, 5.41) is 5.79. The van der Waals surface area contributed by atoms with E-state index < -0.39 is 0 Å². The molecule has 3 aromatic carbocycles. The van der Waals surface area contributed by atoms with E-state index in [9.17, 15) is 9.59 Å². The number of benzene rings is 3. The molecule has 1 amide bonds. The minimum absolute atomic E-state index is 0.0979. The Kier molecular flexibility index (Phi) is 5.14. The van der Waals surface area contributed by atoms with Gasteiger partial charge in [-0.2, -0.15) is 0 Å². The summed E-state index contributed by atoms with van der Waals surface area (Å²) in [5.74, 6) is -0.0979. The van der Waals surface area contributed by atoms with Gasteiger partial charge in [0.25, 0.3) is 5.91 Å². The lowest BCUT2D eigenvalue weighted by molar-refractivity contribution is 0.0963. The van der Waals surface area contributed by atoms with Gasteiger partial charge in [0.05, 0.1) is 0 Å². The van der Waals surface area contributed by atoms with Gasteiger partial charge in [-0.1, -0.05) is 42.5 Å². The predicted octanol–water partition coefficient (Wildman–Crippen LogP) is 3.94. The molecule has 4 aromatic rings. The Balaban J connectivity index is 1.64. The molecule has 0 atom stereocenters. The lowest BCUT2D eigenvalue weighted by atomic mass is 10.0. The zero-order valence-corrected chi connectivity index (χ0v) is 16.4. The van der Waals surface area contributed by atoms with Crippen molar-refractivity contribution >= 4 is 27.6 Å². The first kappa shape index (κ1) is 18.9. The van der Waals surface area contributed by atoms with E-state index >= 15 is 0 Å². The van der Waals surface area contributed by atoms with Crippen molar-refractivity contribution in [1.82, 2.24) is 10.2 Å². The van der Waals surface area contributed by atoms with Crippen LogP contribution in [0.4, 0.5) is 0 Å². The number of hydrogen-bond donors (Lipinski definition) is 1. The van der Waals surface area contributed by atoms with Gasteiger partial charge >= 0.3 is 5.63 Å². The largest absolute Gasteiger partial charge is 0.423 e. The average molecular weight is 386 g/mol. The summed E-state index contributed by atoms with van der Waals surface area (Å²) in [5.41, 5.74) is 2.94. The number of nitrogens with one attached hydrogen (secondary N) is 1. The van der Waals surface area contributed by atoms with Crippen LogP contribution in [0.1, 0.15) is 21.5 Å². The van der Waals surface area contributed by atoms with Gasteiger partial charge < -0.3 is 9.73 Å². The molecule has 1 aromatic heterocycles. The molecule has 0 aliphatic heterocycles. The van der Waals surface area contributed by atoms with E-state index in [1.165, 1.54) is 0 Å². The maximum atomic E-state index is 12.1. The highest BCUT2D eigenvalue weighted by atomic mass is 16.4. The molecule has 0 aliphatic rings. The van der Waals surface area contributed by atoms with Crippen molar-refractivity contribution in [2.75, 3.05) is 14.1 Å². The molecule has 0 saturated heterocycles. The summed E-state index contributed by atoms with van der Waals surface area (Å²) >= 11 is 0. The minimum atomic E-state index is -0.342. The maximum absolute atomic E-state index is 12.1. The van der Waals surface area contributed by atoms with Gasteiger partial charge in [0.2, 0.25) is 0 Å². The van der Waals surface area contributed by atoms with Crippen molar-refractivity contribution in [2.24, 2.45) is 0 Å². The van der Waals surface area contributed by atoms with Gasteiger partial charge in [0.15, 0.2) is 0 Å². The van der Waals surface area contributed by atoms with Gasteiger partial charge in [-0.05, 0) is 47.1 Å². The van der Waals surface area contributed by atoms with Crippen molar-refractivity contribution in [2.45, 2.75) is 13.1 Å². The predicted molar refractivity (Wildman–Crippen MR) is 115 cm³/mol. The number of hydrogen-bond acceptors (Lipinski definition) is 4. The number of fused-ring (bicyclic) bond motifs is 3. The van der Waals surface area contributed by atoms with Gasteiger partial charge in [-0.15, -0.1) is 0 Å². The quantitative estimate of drug-likeness (QED) is 0.417. The first-order chi connectivity index (χ1) is 14.0. The van der Waals surface area contributed by atoms with E-state index in [4.69, 9.17) is 4.42 Å². The van der Waals surface area contributed by atoms with E-state index in [1.54, 1.807) is 13.1 Å². The summed E-state index contributed by atoms with van der Waals surface area (Å²) in [6.07, 6.45) is 0. The third kappa shape index (κ3) is 3.91. The topological polar surface area (TPSA) is 62.6 Å². The normalized spacial score (nSPS) is 11.3. The Bertz CT molecular complexity index is 1240. The van der Waals surface area contributed by atoms with Crippen molar-refractivity contribution in [1.29, 1.82) is 0 Å². The van der Waals surface area contributed by atoms with Crippen LogP contribution in [0.3, 0.4) is 0 Å². The van der Waals surface area contributed by atoms with Crippen molar-refractivity contribution < 1.29 is 9.21 Å². The molecule has 5 heteroatoms. The molecule has 0 saturated carbocycles. The molecular formula is C24H22N2O3. The number of nitrogens with zero attached hydrogens (tertiary/aromatic N) is 1. The minimum Gasteiger partial charge on any atom is -0.423 e. The second-order valence-corrected chi connectivity index (χ2v) is 7.20. The molecule has 0 bridgehead atoms. The van der Waals surface area contributed by atoms with Crippen LogP contribution in [0.15, 0.2) is 75.9 Å². The molecule has 29 heavy (non-hydrogen) atoms. The molecule has 4 rings (SSSR count). The van der Waals surface area contributed by atoms with Crippen LogP contribution in [0.2, 0.25) is 0 Å². The SMILES string of the molecule is CNC(=O)c1ccc(CN(C)Cc2cc(=O)oc3ccc4ccccc4c23)cc1. The molecule has 0 spiro atoms. The fraction of sp³-hybridized carbons (Fsp3) is 0.167. The van der Waals surface area contributed by atoms with E-state index in [0.717, 1.165) is 27.3 Å². The summed E-state index contributed by atoms with van der Waals surface area (Å²) in [6, 6.07) is 21.1. The number of rotatable bonds is 5. The van der Waals surface area contributed by atoms with Gasteiger partial charge in [-0.25, -0.2) is 4.79 Å². The third-order valence-electron chi connectivity index (χ3n) is 5.05. The lowest BCUT2D eigenvalue weighted by Crippen LogP contribution is -2.19. The molecule has 0 fully saturated rings. The van der Waals surface area contributed by atoms with Gasteiger partial charge in [0, 0.05) is 37.2 Å². The monoisotopic (exact) mass is 386 g/mol. The van der Waals surface area contributed by atoms with Crippen LogP contribution in [-0.2, 0) is 13.1 Å². The van der Waals surface area contributed by atoms with Crippen LogP contribution in [0.5, 0.6) is 0 Å². The van der Waals surface area contributed by atoms with E-state index in [0.29, 0.717) is 24.2 Å². The van der Waals surface area contributed by atoms with E-state index in [1.807, 2.05) is 55.6 Å². The average Bonchev–Trinajstić information content (AvgIpc) is 2.73. The Morgan fingerprint density at radius 3 is 2.52 bits per heavy atom. The summed E-state index contributed by atoms with van der Waals surface area (Å²) < 4.78 is 5.44. The Morgan fingerprint density at radius 2 is 1.76 bits per heavy atom. The molecule has 5 nitrogen and oxygen atoms in total. The van der Waals surface area contributed by atoms with E-state index in [2.05, 4.69) is 22.3 Å². The summed E-state index contributed by atoms with van der Waals surface area (Å²) in [6.45, 7) is 1.30. The molecule has 0 aliphatic carbocycles. The summed E-state index contributed by atoms with van der Waals surface area (Å²) in [7, 11) is 3.63. The second kappa shape index (κ2) is 7.89. The van der Waals surface area contributed by atoms with Gasteiger partial charge in [0.1, 0.15) is 5.58 Å². The van der Waals surface area contributed by atoms with Crippen molar-refractivity contribution in [3.05, 3.63) is 93.8 Å². The fourth-order valence-electron chi connectivity index (χ4n) is 3.71. The highest BCUT2D eigenvalue weighted by molar-refractivity contribution is 6.07. The molecule has 1 heterocycles. The zero-order chi connectivity index (χ0) is 20.4. The first-order valence-electron chi connectivity index (χ1n) is 9.49. The Hall–Kier alpha value is -3.44. The van der Waals surface area contributed by atoms with Crippen LogP contribution >= 0.6 is 0 Å². The Labute approximate surface area is 168 Å². The van der Waals surface area contributed by atoms with E-state index in [-0.39, 0.29) is 11.5 Å². The van der Waals surface area contributed by atoms with Crippen LogP contribution in [0, 0.1) is 0 Å². The van der Waals surface area contributed by atoms with Crippen LogP contribution in [-0.4, -0.2) is 24.9 Å². The maximum Gasteiger partial charge on any atom is 0.336 e. The van der Waals surface area contributed by atoms with Gasteiger partial charge in [-0.3, -0.25) is 9.69 Å².